The quantitative estimate of drug-likeness (QED) is 0.899. The van der Waals surface area contributed by atoms with E-state index in [1.54, 1.807) is 12.1 Å². The third kappa shape index (κ3) is 2.82. The van der Waals surface area contributed by atoms with Crippen LogP contribution in [0.2, 0.25) is 5.02 Å². The lowest BCUT2D eigenvalue weighted by Gasteiger charge is -2.26. The number of ether oxygens (including phenoxy) is 2. The molecule has 0 spiro atoms. The van der Waals surface area contributed by atoms with Crippen LogP contribution in [0, 0.1) is 0 Å². The standard InChI is InChI=1S/C19H18ClNO3/c20-15-10-13(11-17-18(15)24-9-8-23-17)19(22)21-16-7-3-5-12-4-1-2-6-14(12)16/h1-2,4,6,10-11,16H,3,5,7-9H2,(H,21,22). The summed E-state index contributed by atoms with van der Waals surface area (Å²) < 4.78 is 11.0. The lowest BCUT2D eigenvalue weighted by Crippen LogP contribution is -2.31. The first-order valence-corrected chi connectivity index (χ1v) is 8.58. The third-order valence-corrected chi connectivity index (χ3v) is 4.81. The summed E-state index contributed by atoms with van der Waals surface area (Å²) in [5.41, 5.74) is 3.02. The van der Waals surface area contributed by atoms with Gasteiger partial charge in [-0.1, -0.05) is 35.9 Å². The monoisotopic (exact) mass is 343 g/mol. The van der Waals surface area contributed by atoms with Crippen LogP contribution >= 0.6 is 11.6 Å². The Morgan fingerprint density at radius 3 is 2.92 bits per heavy atom. The molecule has 0 saturated carbocycles. The Kier molecular flexibility index (Phi) is 4.07. The van der Waals surface area contributed by atoms with Crippen molar-refractivity contribution >= 4 is 17.5 Å². The van der Waals surface area contributed by atoms with E-state index < -0.39 is 0 Å². The largest absolute Gasteiger partial charge is 0.486 e. The maximum atomic E-state index is 12.7. The van der Waals surface area contributed by atoms with E-state index >= 15 is 0 Å². The Balaban J connectivity index is 1.58. The molecule has 1 amide bonds. The number of amides is 1. The molecule has 4 nitrogen and oxygen atoms in total. The van der Waals surface area contributed by atoms with Gasteiger partial charge in [-0.05, 0) is 42.5 Å². The van der Waals surface area contributed by atoms with E-state index in [1.165, 1.54) is 11.1 Å². The number of halogens is 1. The highest BCUT2D eigenvalue weighted by Gasteiger charge is 2.24. The number of hydrogen-bond donors (Lipinski definition) is 1. The number of hydrogen-bond acceptors (Lipinski definition) is 3. The average Bonchev–Trinajstić information content (AvgIpc) is 2.62. The summed E-state index contributed by atoms with van der Waals surface area (Å²) in [6.07, 6.45) is 3.09. The third-order valence-electron chi connectivity index (χ3n) is 4.53. The summed E-state index contributed by atoms with van der Waals surface area (Å²) in [5, 5.41) is 3.54. The second-order valence-corrected chi connectivity index (χ2v) is 6.51. The Labute approximate surface area is 145 Å². The van der Waals surface area contributed by atoms with Gasteiger partial charge in [-0.25, -0.2) is 0 Å². The van der Waals surface area contributed by atoms with E-state index in [0.29, 0.717) is 35.3 Å². The first-order chi connectivity index (χ1) is 11.7. The summed E-state index contributed by atoms with van der Waals surface area (Å²) in [6, 6.07) is 11.7. The fraction of sp³-hybridized carbons (Fsp3) is 0.316. The lowest BCUT2D eigenvalue weighted by molar-refractivity contribution is 0.0931. The first-order valence-electron chi connectivity index (χ1n) is 8.20. The second kappa shape index (κ2) is 6.36. The van der Waals surface area contributed by atoms with E-state index in [9.17, 15) is 4.79 Å². The van der Waals surface area contributed by atoms with Gasteiger partial charge in [0.1, 0.15) is 13.2 Å². The molecule has 1 unspecified atom stereocenters. The van der Waals surface area contributed by atoms with Crippen LogP contribution < -0.4 is 14.8 Å². The number of aryl methyl sites for hydroxylation is 1. The fourth-order valence-electron chi connectivity index (χ4n) is 3.39. The van der Waals surface area contributed by atoms with Crippen LogP contribution in [0.5, 0.6) is 11.5 Å². The fourth-order valence-corrected chi connectivity index (χ4v) is 3.65. The molecule has 2 aromatic rings. The molecular weight excluding hydrogens is 326 g/mol. The van der Waals surface area contributed by atoms with E-state index in [0.717, 1.165) is 19.3 Å². The van der Waals surface area contributed by atoms with E-state index in [2.05, 4.69) is 17.4 Å². The Morgan fingerprint density at radius 1 is 1.17 bits per heavy atom. The molecule has 1 N–H and O–H groups in total. The zero-order valence-corrected chi connectivity index (χ0v) is 13.9. The highest BCUT2D eigenvalue weighted by atomic mass is 35.5. The number of nitrogens with one attached hydrogen (secondary N) is 1. The molecule has 24 heavy (non-hydrogen) atoms. The van der Waals surface area contributed by atoms with Gasteiger partial charge in [0.15, 0.2) is 11.5 Å². The smallest absolute Gasteiger partial charge is 0.251 e. The molecule has 1 aliphatic heterocycles. The van der Waals surface area contributed by atoms with Gasteiger partial charge in [0.05, 0.1) is 11.1 Å². The van der Waals surface area contributed by atoms with Crippen LogP contribution in [0.15, 0.2) is 36.4 Å². The molecule has 0 bridgehead atoms. The molecule has 1 heterocycles. The molecular formula is C19H18ClNO3. The van der Waals surface area contributed by atoms with Crippen LogP contribution in [0.3, 0.4) is 0 Å². The van der Waals surface area contributed by atoms with Gasteiger partial charge in [-0.3, -0.25) is 4.79 Å². The molecule has 5 heteroatoms. The Hall–Kier alpha value is -2.20. The van der Waals surface area contributed by atoms with Crippen molar-refractivity contribution in [2.24, 2.45) is 0 Å². The Bertz CT molecular complexity index is 790. The van der Waals surface area contributed by atoms with Crippen molar-refractivity contribution in [2.75, 3.05) is 13.2 Å². The van der Waals surface area contributed by atoms with Gasteiger partial charge in [-0.2, -0.15) is 0 Å². The first kappa shape index (κ1) is 15.3. The normalized spacial score (nSPS) is 18.6. The lowest BCUT2D eigenvalue weighted by atomic mass is 9.87. The van der Waals surface area contributed by atoms with E-state index in [-0.39, 0.29) is 11.9 Å². The SMILES string of the molecule is O=C(NC1CCCc2ccccc21)c1cc(Cl)c2c(c1)OCCO2. The van der Waals surface area contributed by atoms with Crippen molar-refractivity contribution in [1.82, 2.24) is 5.32 Å². The molecule has 2 aliphatic rings. The molecule has 0 fully saturated rings. The predicted octanol–water partition coefficient (Wildman–Crippen LogP) is 3.92. The minimum Gasteiger partial charge on any atom is -0.486 e. The van der Waals surface area contributed by atoms with Crippen molar-refractivity contribution < 1.29 is 14.3 Å². The van der Waals surface area contributed by atoms with Crippen molar-refractivity contribution in [3.63, 3.8) is 0 Å². The van der Waals surface area contributed by atoms with Crippen LogP contribution in [-0.2, 0) is 6.42 Å². The van der Waals surface area contributed by atoms with Gasteiger partial charge in [0.2, 0.25) is 0 Å². The summed E-state index contributed by atoms with van der Waals surface area (Å²) in [4.78, 5) is 12.7. The van der Waals surface area contributed by atoms with E-state index in [4.69, 9.17) is 21.1 Å². The van der Waals surface area contributed by atoms with Crippen LogP contribution in [-0.4, -0.2) is 19.1 Å². The molecule has 0 aromatic heterocycles. The number of rotatable bonds is 2. The minimum atomic E-state index is -0.143. The van der Waals surface area contributed by atoms with Gasteiger partial charge in [0, 0.05) is 5.56 Å². The molecule has 1 aliphatic carbocycles. The molecule has 2 aromatic carbocycles. The maximum Gasteiger partial charge on any atom is 0.251 e. The maximum absolute atomic E-state index is 12.7. The summed E-state index contributed by atoms with van der Waals surface area (Å²) in [5.74, 6) is 0.904. The molecule has 0 saturated heterocycles. The number of fused-ring (bicyclic) bond motifs is 2. The van der Waals surface area contributed by atoms with Crippen molar-refractivity contribution in [2.45, 2.75) is 25.3 Å². The van der Waals surface area contributed by atoms with Gasteiger partial charge in [-0.15, -0.1) is 0 Å². The highest BCUT2D eigenvalue weighted by molar-refractivity contribution is 6.32. The minimum absolute atomic E-state index is 0.0365. The summed E-state index contributed by atoms with van der Waals surface area (Å²) in [7, 11) is 0. The van der Waals surface area contributed by atoms with Crippen molar-refractivity contribution in [1.29, 1.82) is 0 Å². The van der Waals surface area contributed by atoms with Crippen LogP contribution in [0.25, 0.3) is 0 Å². The molecule has 0 radical (unpaired) electrons. The predicted molar refractivity (Wildman–Crippen MR) is 92.0 cm³/mol. The molecule has 4 rings (SSSR count). The van der Waals surface area contributed by atoms with Crippen molar-refractivity contribution in [3.05, 3.63) is 58.1 Å². The van der Waals surface area contributed by atoms with Gasteiger partial charge >= 0.3 is 0 Å². The molecule has 124 valence electrons. The zero-order chi connectivity index (χ0) is 16.5. The number of benzene rings is 2. The topological polar surface area (TPSA) is 47.6 Å². The summed E-state index contributed by atoms with van der Waals surface area (Å²) >= 11 is 6.23. The highest BCUT2D eigenvalue weighted by Crippen LogP contribution is 2.38. The summed E-state index contributed by atoms with van der Waals surface area (Å²) in [6.45, 7) is 0.932. The van der Waals surface area contributed by atoms with Gasteiger partial charge in [0.25, 0.3) is 5.91 Å². The van der Waals surface area contributed by atoms with Crippen molar-refractivity contribution in [3.8, 4) is 11.5 Å². The zero-order valence-electron chi connectivity index (χ0n) is 13.2. The van der Waals surface area contributed by atoms with Crippen LogP contribution in [0.1, 0.15) is 40.4 Å². The number of carbonyl (C=O) groups excluding carboxylic acids is 1. The van der Waals surface area contributed by atoms with Gasteiger partial charge < -0.3 is 14.8 Å². The average molecular weight is 344 g/mol. The second-order valence-electron chi connectivity index (χ2n) is 6.10. The Morgan fingerprint density at radius 2 is 2.00 bits per heavy atom. The number of carbonyl (C=O) groups is 1. The van der Waals surface area contributed by atoms with E-state index in [1.807, 2.05) is 12.1 Å². The van der Waals surface area contributed by atoms with Crippen LogP contribution in [0.4, 0.5) is 0 Å². The molecule has 1 atom stereocenters.